The van der Waals surface area contributed by atoms with Crippen LogP contribution in [0.4, 0.5) is 0 Å². The number of aromatic nitrogens is 2. The first-order valence-electron chi connectivity index (χ1n) is 4.52. The summed E-state index contributed by atoms with van der Waals surface area (Å²) >= 11 is 1.22. The summed E-state index contributed by atoms with van der Waals surface area (Å²) in [5.74, 6) is 0.468. The van der Waals surface area contributed by atoms with Gasteiger partial charge in [-0.05, 0) is 23.9 Å². The summed E-state index contributed by atoms with van der Waals surface area (Å²) in [4.78, 5) is 12.3. The first-order chi connectivity index (χ1) is 6.16. The van der Waals surface area contributed by atoms with Crippen LogP contribution in [-0.2, 0) is 0 Å². The fraction of sp³-hybridized carbons (Fsp3) is 0.667. The Labute approximate surface area is 82.3 Å². The van der Waals surface area contributed by atoms with Crippen LogP contribution in [0.5, 0.6) is 0 Å². The van der Waals surface area contributed by atoms with E-state index in [9.17, 15) is 4.79 Å². The number of Topliss-reactive ketones (excluding diaryl/α,β-unsaturated/α-hetero) is 1. The van der Waals surface area contributed by atoms with Crippen molar-refractivity contribution in [3.05, 3.63) is 10.6 Å². The summed E-state index contributed by atoms with van der Waals surface area (Å²) < 4.78 is 3.82. The SMILES string of the molecule is CCCC(=O)c1snnc1C(C)C. The van der Waals surface area contributed by atoms with Crippen molar-refractivity contribution in [2.45, 2.75) is 39.5 Å². The van der Waals surface area contributed by atoms with Gasteiger partial charge in [0, 0.05) is 6.42 Å². The predicted octanol–water partition coefficient (Wildman–Crippen LogP) is 2.64. The fourth-order valence-electron chi connectivity index (χ4n) is 1.11. The number of ketones is 1. The second-order valence-corrected chi connectivity index (χ2v) is 4.07. The maximum Gasteiger partial charge on any atom is 0.176 e. The van der Waals surface area contributed by atoms with Gasteiger partial charge in [-0.25, -0.2) is 0 Å². The molecule has 0 unspecified atom stereocenters. The number of carbonyl (C=O) groups is 1. The van der Waals surface area contributed by atoms with E-state index in [0.717, 1.165) is 17.0 Å². The van der Waals surface area contributed by atoms with Crippen LogP contribution >= 0.6 is 11.5 Å². The summed E-state index contributed by atoms with van der Waals surface area (Å²) in [5.41, 5.74) is 0.850. The van der Waals surface area contributed by atoms with Gasteiger partial charge in [0.2, 0.25) is 0 Å². The lowest BCUT2D eigenvalue weighted by molar-refractivity contribution is 0.0984. The van der Waals surface area contributed by atoms with Crippen LogP contribution < -0.4 is 0 Å². The molecule has 0 radical (unpaired) electrons. The van der Waals surface area contributed by atoms with Crippen molar-refractivity contribution < 1.29 is 4.79 Å². The molecule has 1 rings (SSSR count). The van der Waals surface area contributed by atoms with Gasteiger partial charge in [0.25, 0.3) is 0 Å². The molecule has 0 spiro atoms. The molecule has 1 heterocycles. The van der Waals surface area contributed by atoms with Crippen molar-refractivity contribution in [3.63, 3.8) is 0 Å². The third-order valence-electron chi connectivity index (χ3n) is 1.79. The van der Waals surface area contributed by atoms with E-state index in [1.807, 2.05) is 20.8 Å². The van der Waals surface area contributed by atoms with Gasteiger partial charge in [-0.2, -0.15) is 0 Å². The van der Waals surface area contributed by atoms with Crippen molar-refractivity contribution in [2.24, 2.45) is 0 Å². The molecule has 13 heavy (non-hydrogen) atoms. The molecule has 0 amide bonds. The summed E-state index contributed by atoms with van der Waals surface area (Å²) in [6.45, 7) is 6.06. The Morgan fingerprint density at radius 3 is 2.77 bits per heavy atom. The molecule has 3 nitrogen and oxygen atoms in total. The van der Waals surface area contributed by atoms with Crippen molar-refractivity contribution in [2.75, 3.05) is 0 Å². The minimum atomic E-state index is 0.182. The molecule has 72 valence electrons. The number of nitrogens with zero attached hydrogens (tertiary/aromatic N) is 2. The van der Waals surface area contributed by atoms with E-state index in [1.54, 1.807) is 0 Å². The third kappa shape index (κ3) is 2.34. The second kappa shape index (κ2) is 4.46. The highest BCUT2D eigenvalue weighted by Gasteiger charge is 2.17. The maximum absolute atomic E-state index is 11.6. The van der Waals surface area contributed by atoms with Crippen molar-refractivity contribution in [1.29, 1.82) is 0 Å². The van der Waals surface area contributed by atoms with Crippen molar-refractivity contribution in [3.8, 4) is 0 Å². The lowest BCUT2D eigenvalue weighted by Crippen LogP contribution is -2.01. The monoisotopic (exact) mass is 198 g/mol. The molecule has 0 aromatic carbocycles. The Hall–Kier alpha value is -0.770. The Balaban J connectivity index is 2.87. The van der Waals surface area contributed by atoms with Crippen LogP contribution in [0.3, 0.4) is 0 Å². The fourth-order valence-corrected chi connectivity index (χ4v) is 1.89. The average molecular weight is 198 g/mol. The molecule has 0 aliphatic rings. The molecule has 0 saturated carbocycles. The molecule has 0 aliphatic carbocycles. The first kappa shape index (κ1) is 10.3. The van der Waals surface area contributed by atoms with Crippen LogP contribution in [0.15, 0.2) is 0 Å². The van der Waals surface area contributed by atoms with Gasteiger partial charge in [-0.15, -0.1) is 5.10 Å². The molecule has 1 aromatic heterocycles. The Morgan fingerprint density at radius 2 is 2.23 bits per heavy atom. The minimum Gasteiger partial charge on any atom is -0.293 e. The van der Waals surface area contributed by atoms with E-state index in [-0.39, 0.29) is 11.7 Å². The maximum atomic E-state index is 11.6. The van der Waals surface area contributed by atoms with E-state index in [2.05, 4.69) is 9.59 Å². The van der Waals surface area contributed by atoms with Crippen LogP contribution in [0, 0.1) is 0 Å². The molecule has 0 atom stereocenters. The number of hydrogen-bond acceptors (Lipinski definition) is 4. The zero-order chi connectivity index (χ0) is 9.84. The van der Waals surface area contributed by atoms with Gasteiger partial charge >= 0.3 is 0 Å². The van der Waals surface area contributed by atoms with E-state index >= 15 is 0 Å². The van der Waals surface area contributed by atoms with Gasteiger partial charge in [0.1, 0.15) is 4.88 Å². The minimum absolute atomic E-state index is 0.182. The summed E-state index contributed by atoms with van der Waals surface area (Å²) in [5, 5.41) is 3.97. The average Bonchev–Trinajstić information content (AvgIpc) is 2.52. The molecule has 0 aliphatic heterocycles. The lowest BCUT2D eigenvalue weighted by Gasteiger charge is -2.01. The van der Waals surface area contributed by atoms with Gasteiger partial charge < -0.3 is 0 Å². The molecular formula is C9H14N2OS. The molecule has 0 bridgehead atoms. The van der Waals surface area contributed by atoms with Crippen LogP contribution in [-0.4, -0.2) is 15.4 Å². The van der Waals surface area contributed by atoms with Gasteiger partial charge in [0.05, 0.1) is 5.69 Å². The highest BCUT2D eigenvalue weighted by atomic mass is 32.1. The Morgan fingerprint density at radius 1 is 1.54 bits per heavy atom. The number of rotatable bonds is 4. The third-order valence-corrected chi connectivity index (χ3v) is 2.57. The molecule has 0 fully saturated rings. The predicted molar refractivity (Wildman–Crippen MR) is 53.2 cm³/mol. The quantitative estimate of drug-likeness (QED) is 0.698. The van der Waals surface area contributed by atoms with Gasteiger partial charge in [-0.3, -0.25) is 4.79 Å². The summed E-state index contributed by atoms with van der Waals surface area (Å²) in [6, 6.07) is 0. The van der Waals surface area contributed by atoms with E-state index in [0.29, 0.717) is 6.42 Å². The van der Waals surface area contributed by atoms with Crippen molar-refractivity contribution in [1.82, 2.24) is 9.59 Å². The van der Waals surface area contributed by atoms with E-state index < -0.39 is 0 Å². The largest absolute Gasteiger partial charge is 0.293 e. The van der Waals surface area contributed by atoms with Crippen LogP contribution in [0.1, 0.15) is 54.9 Å². The first-order valence-corrected chi connectivity index (χ1v) is 5.29. The van der Waals surface area contributed by atoms with E-state index in [4.69, 9.17) is 0 Å². The standard InChI is InChI=1S/C9H14N2OS/c1-4-5-7(12)9-8(6(2)3)10-11-13-9/h6H,4-5H2,1-3H3. The number of carbonyl (C=O) groups excluding carboxylic acids is 1. The second-order valence-electron chi connectivity index (χ2n) is 3.32. The highest BCUT2D eigenvalue weighted by Crippen LogP contribution is 2.21. The summed E-state index contributed by atoms with van der Waals surface area (Å²) in [7, 11) is 0. The Kier molecular flexibility index (Phi) is 3.54. The van der Waals surface area contributed by atoms with Gasteiger partial charge in [0.15, 0.2) is 5.78 Å². The molecule has 0 N–H and O–H groups in total. The lowest BCUT2D eigenvalue weighted by atomic mass is 10.1. The molecule has 1 aromatic rings. The Bertz CT molecular complexity index is 294. The molecular weight excluding hydrogens is 184 g/mol. The number of hydrogen-bond donors (Lipinski definition) is 0. The van der Waals surface area contributed by atoms with E-state index in [1.165, 1.54) is 11.5 Å². The van der Waals surface area contributed by atoms with Gasteiger partial charge in [-0.1, -0.05) is 25.3 Å². The zero-order valence-electron chi connectivity index (χ0n) is 8.20. The summed E-state index contributed by atoms with van der Waals surface area (Å²) in [6.07, 6.45) is 1.48. The normalized spacial score (nSPS) is 10.8. The molecule has 0 saturated heterocycles. The smallest absolute Gasteiger partial charge is 0.176 e. The van der Waals surface area contributed by atoms with Crippen molar-refractivity contribution >= 4 is 17.3 Å². The van der Waals surface area contributed by atoms with Crippen LogP contribution in [0.2, 0.25) is 0 Å². The zero-order valence-corrected chi connectivity index (χ0v) is 9.02. The topological polar surface area (TPSA) is 42.9 Å². The van der Waals surface area contributed by atoms with Crippen LogP contribution in [0.25, 0.3) is 0 Å². The molecule has 4 heteroatoms. The highest BCUT2D eigenvalue weighted by molar-refractivity contribution is 7.08.